The van der Waals surface area contributed by atoms with Crippen molar-refractivity contribution in [2.75, 3.05) is 6.54 Å². The van der Waals surface area contributed by atoms with Gasteiger partial charge in [0.15, 0.2) is 0 Å². The minimum Gasteiger partial charge on any atom is -0.355 e. The molecule has 0 aliphatic carbocycles. The van der Waals surface area contributed by atoms with E-state index in [0.717, 1.165) is 0 Å². The monoisotopic (exact) mass is 294 g/mol. The van der Waals surface area contributed by atoms with E-state index in [1.54, 1.807) is 19.1 Å². The zero-order chi connectivity index (χ0) is 16.0. The van der Waals surface area contributed by atoms with Gasteiger partial charge in [0.1, 0.15) is 5.82 Å². The van der Waals surface area contributed by atoms with E-state index in [0.29, 0.717) is 17.7 Å². The Bertz CT molecular complexity index is 521. The quantitative estimate of drug-likeness (QED) is 0.875. The van der Waals surface area contributed by atoms with Crippen molar-refractivity contribution in [2.45, 2.75) is 40.7 Å². The zero-order valence-electron chi connectivity index (χ0n) is 13.0. The summed E-state index contributed by atoms with van der Waals surface area (Å²) >= 11 is 0. The van der Waals surface area contributed by atoms with Crippen LogP contribution >= 0.6 is 0 Å². The maximum absolute atomic E-state index is 13.3. The van der Waals surface area contributed by atoms with Crippen molar-refractivity contribution in [3.63, 3.8) is 0 Å². The summed E-state index contributed by atoms with van der Waals surface area (Å²) in [6, 6.07) is 4.87. The molecule has 2 N–H and O–H groups in total. The van der Waals surface area contributed by atoms with Gasteiger partial charge in [0.25, 0.3) is 0 Å². The Morgan fingerprint density at radius 3 is 2.43 bits per heavy atom. The Morgan fingerprint density at radius 2 is 1.86 bits per heavy atom. The lowest BCUT2D eigenvalue weighted by Crippen LogP contribution is -2.37. The molecule has 116 valence electrons. The number of carbonyl (C=O) groups excluding carboxylic acids is 2. The van der Waals surface area contributed by atoms with Crippen molar-refractivity contribution in [3.05, 3.63) is 35.1 Å². The van der Waals surface area contributed by atoms with Gasteiger partial charge in [-0.15, -0.1) is 0 Å². The van der Waals surface area contributed by atoms with Crippen LogP contribution in [0.2, 0.25) is 0 Å². The maximum Gasteiger partial charge on any atom is 0.225 e. The summed E-state index contributed by atoms with van der Waals surface area (Å²) in [7, 11) is 0. The lowest BCUT2D eigenvalue weighted by Gasteiger charge is -2.17. The van der Waals surface area contributed by atoms with E-state index >= 15 is 0 Å². The lowest BCUT2D eigenvalue weighted by molar-refractivity contribution is -0.128. The average Bonchev–Trinajstić information content (AvgIpc) is 2.39. The maximum atomic E-state index is 13.3. The molecule has 1 aromatic rings. The van der Waals surface area contributed by atoms with E-state index in [1.165, 1.54) is 6.07 Å². The number of carbonyl (C=O) groups is 2. The molecule has 2 amide bonds. The molecule has 1 rings (SSSR count). The van der Waals surface area contributed by atoms with Crippen molar-refractivity contribution in [1.29, 1.82) is 0 Å². The molecule has 0 aliphatic heterocycles. The van der Waals surface area contributed by atoms with Crippen LogP contribution in [0.3, 0.4) is 0 Å². The number of halogens is 1. The number of rotatable bonds is 5. The Labute approximate surface area is 125 Å². The first-order valence-electron chi connectivity index (χ1n) is 7.00. The fourth-order valence-corrected chi connectivity index (χ4v) is 1.59. The normalized spacial score (nSPS) is 11.1. The second-order valence-corrected chi connectivity index (χ2v) is 6.12. The van der Waals surface area contributed by atoms with Crippen molar-refractivity contribution in [2.24, 2.45) is 5.41 Å². The van der Waals surface area contributed by atoms with Crippen LogP contribution in [-0.2, 0) is 16.1 Å². The second-order valence-electron chi connectivity index (χ2n) is 6.12. The van der Waals surface area contributed by atoms with Gasteiger partial charge >= 0.3 is 0 Å². The molecule has 0 unspecified atom stereocenters. The standard InChI is InChI=1S/C16H23FN2O2/c1-11-5-6-12(9-13(11)17)10-19-14(20)7-8-18-15(21)16(2,3)4/h5-6,9H,7-8,10H2,1-4H3,(H,18,21)(H,19,20). The molecule has 0 saturated carbocycles. The molecule has 0 bridgehead atoms. The molecule has 5 heteroatoms. The van der Waals surface area contributed by atoms with Gasteiger partial charge in [0.05, 0.1) is 0 Å². The van der Waals surface area contributed by atoms with E-state index in [2.05, 4.69) is 10.6 Å². The Hall–Kier alpha value is -1.91. The number of aryl methyl sites for hydroxylation is 1. The summed E-state index contributed by atoms with van der Waals surface area (Å²) < 4.78 is 13.3. The summed E-state index contributed by atoms with van der Waals surface area (Å²) in [5, 5.41) is 5.41. The van der Waals surface area contributed by atoms with E-state index < -0.39 is 5.41 Å². The third kappa shape index (κ3) is 5.94. The van der Waals surface area contributed by atoms with Crippen molar-refractivity contribution < 1.29 is 14.0 Å². The van der Waals surface area contributed by atoms with E-state index in [9.17, 15) is 14.0 Å². The highest BCUT2D eigenvalue weighted by Gasteiger charge is 2.20. The van der Waals surface area contributed by atoms with Gasteiger partial charge in [-0.2, -0.15) is 0 Å². The van der Waals surface area contributed by atoms with E-state index in [-0.39, 0.29) is 30.6 Å². The zero-order valence-corrected chi connectivity index (χ0v) is 13.0. The number of nitrogens with one attached hydrogen (secondary N) is 2. The van der Waals surface area contributed by atoms with Crippen molar-refractivity contribution in [1.82, 2.24) is 10.6 Å². The molecule has 1 aromatic carbocycles. The Morgan fingerprint density at radius 1 is 1.19 bits per heavy atom. The third-order valence-corrected chi connectivity index (χ3v) is 3.04. The lowest BCUT2D eigenvalue weighted by atomic mass is 9.96. The largest absolute Gasteiger partial charge is 0.355 e. The van der Waals surface area contributed by atoms with Gasteiger partial charge in [0.2, 0.25) is 11.8 Å². The molecule has 4 nitrogen and oxygen atoms in total. The average molecular weight is 294 g/mol. The summed E-state index contributed by atoms with van der Waals surface area (Å²) in [5.74, 6) is -0.541. The minimum absolute atomic E-state index is 0.0871. The number of amides is 2. The van der Waals surface area contributed by atoms with Crippen molar-refractivity contribution >= 4 is 11.8 Å². The Balaban J connectivity index is 2.31. The smallest absolute Gasteiger partial charge is 0.225 e. The summed E-state index contributed by atoms with van der Waals surface area (Å²) in [6.45, 7) is 7.71. The highest BCUT2D eigenvalue weighted by atomic mass is 19.1. The van der Waals surface area contributed by atoms with Gasteiger partial charge in [-0.05, 0) is 24.1 Å². The molecule has 0 aliphatic rings. The number of benzene rings is 1. The van der Waals surface area contributed by atoms with E-state index in [1.807, 2.05) is 20.8 Å². The number of hydrogen-bond acceptors (Lipinski definition) is 2. The summed E-state index contributed by atoms with van der Waals surface area (Å²) in [6.07, 6.45) is 0.205. The van der Waals surface area contributed by atoms with Gasteiger partial charge in [-0.1, -0.05) is 32.9 Å². The first-order chi connectivity index (χ1) is 9.70. The predicted molar refractivity (Wildman–Crippen MR) is 80.1 cm³/mol. The summed E-state index contributed by atoms with van der Waals surface area (Å²) in [4.78, 5) is 23.3. The predicted octanol–water partition coefficient (Wildman–Crippen LogP) is 2.30. The van der Waals surface area contributed by atoms with Crippen LogP contribution in [0, 0.1) is 18.2 Å². The molecule has 21 heavy (non-hydrogen) atoms. The van der Waals surface area contributed by atoms with E-state index in [4.69, 9.17) is 0 Å². The first-order valence-corrected chi connectivity index (χ1v) is 7.00. The first kappa shape index (κ1) is 17.1. The topological polar surface area (TPSA) is 58.2 Å². The molecular weight excluding hydrogens is 271 g/mol. The number of hydrogen-bond donors (Lipinski definition) is 2. The van der Waals surface area contributed by atoms with Crippen LogP contribution in [0.4, 0.5) is 4.39 Å². The van der Waals surface area contributed by atoms with Crippen LogP contribution < -0.4 is 10.6 Å². The fourth-order valence-electron chi connectivity index (χ4n) is 1.59. The highest BCUT2D eigenvalue weighted by Crippen LogP contribution is 2.12. The Kier molecular flexibility index (Phi) is 5.88. The molecule has 0 heterocycles. The molecule has 0 radical (unpaired) electrons. The fraction of sp³-hybridized carbons (Fsp3) is 0.500. The van der Waals surface area contributed by atoms with Crippen LogP contribution in [-0.4, -0.2) is 18.4 Å². The highest BCUT2D eigenvalue weighted by molar-refractivity contribution is 5.82. The van der Waals surface area contributed by atoms with Crippen LogP contribution in [0.1, 0.15) is 38.3 Å². The second kappa shape index (κ2) is 7.20. The molecule has 0 atom stereocenters. The minimum atomic E-state index is -0.462. The SMILES string of the molecule is Cc1ccc(CNC(=O)CCNC(=O)C(C)(C)C)cc1F. The molecule has 0 spiro atoms. The van der Waals surface area contributed by atoms with Crippen LogP contribution in [0.5, 0.6) is 0 Å². The third-order valence-electron chi connectivity index (χ3n) is 3.04. The van der Waals surface area contributed by atoms with Crippen LogP contribution in [0.15, 0.2) is 18.2 Å². The van der Waals surface area contributed by atoms with Crippen LogP contribution in [0.25, 0.3) is 0 Å². The van der Waals surface area contributed by atoms with Gasteiger partial charge in [-0.25, -0.2) is 4.39 Å². The molecule has 0 saturated heterocycles. The summed E-state index contributed by atoms with van der Waals surface area (Å²) in [5.41, 5.74) is 0.829. The molecule has 0 aromatic heterocycles. The molecular formula is C16H23FN2O2. The van der Waals surface area contributed by atoms with Crippen molar-refractivity contribution in [3.8, 4) is 0 Å². The molecule has 0 fully saturated rings. The van der Waals surface area contributed by atoms with Gasteiger partial charge in [-0.3, -0.25) is 9.59 Å². The van der Waals surface area contributed by atoms with Gasteiger partial charge < -0.3 is 10.6 Å². The van der Waals surface area contributed by atoms with Gasteiger partial charge in [0, 0.05) is 24.9 Å².